The zero-order valence-corrected chi connectivity index (χ0v) is 13.4. The second kappa shape index (κ2) is 5.77. The number of nitrogens with zero attached hydrogens (tertiary/aromatic N) is 3. The molecule has 4 rings (SSSR count). The molecule has 1 aromatic heterocycles. The largest absolute Gasteiger partial charge is 0.454 e. The average Bonchev–Trinajstić information content (AvgIpc) is 3.15. The third kappa shape index (κ3) is 2.98. The Hall–Kier alpha value is -2.22. The van der Waals surface area contributed by atoms with Crippen LogP contribution in [-0.2, 0) is 11.8 Å². The highest BCUT2D eigenvalue weighted by molar-refractivity contribution is 7.99. The number of fused-ring (bicyclic) bond motifs is 1. The van der Waals surface area contributed by atoms with Gasteiger partial charge in [-0.2, -0.15) is 0 Å². The lowest BCUT2D eigenvalue weighted by atomic mass is 10.3. The van der Waals surface area contributed by atoms with Crippen LogP contribution in [0.5, 0.6) is 11.5 Å². The van der Waals surface area contributed by atoms with E-state index >= 15 is 0 Å². The first-order valence-electron chi connectivity index (χ1n) is 7.42. The molecule has 0 unspecified atom stereocenters. The van der Waals surface area contributed by atoms with Crippen molar-refractivity contribution >= 4 is 23.4 Å². The molecule has 0 spiro atoms. The highest BCUT2D eigenvalue weighted by Crippen LogP contribution is 2.39. The number of benzene rings is 1. The van der Waals surface area contributed by atoms with Crippen LogP contribution in [0.4, 0.5) is 5.69 Å². The number of anilines is 1. The molecular weight excluding hydrogens is 316 g/mol. The number of carbonyl (C=O) groups excluding carboxylic acids is 1. The maximum absolute atomic E-state index is 12.1. The third-order valence-electron chi connectivity index (χ3n) is 3.80. The number of hydrogen-bond acceptors (Lipinski definition) is 6. The van der Waals surface area contributed by atoms with Crippen LogP contribution < -0.4 is 14.8 Å². The molecule has 0 bridgehead atoms. The van der Waals surface area contributed by atoms with Crippen LogP contribution in [-0.4, -0.2) is 33.2 Å². The summed E-state index contributed by atoms with van der Waals surface area (Å²) in [6.45, 7) is 0.220. The van der Waals surface area contributed by atoms with Crippen molar-refractivity contribution < 1.29 is 14.3 Å². The second-order valence-corrected chi connectivity index (χ2v) is 6.52. The number of carbonyl (C=O) groups is 1. The van der Waals surface area contributed by atoms with Gasteiger partial charge in [0.2, 0.25) is 12.7 Å². The number of thioether (sulfide) groups is 1. The van der Waals surface area contributed by atoms with Crippen molar-refractivity contribution in [3.8, 4) is 11.5 Å². The molecule has 1 aliphatic heterocycles. The summed E-state index contributed by atoms with van der Waals surface area (Å²) >= 11 is 1.39. The number of ether oxygens (including phenoxy) is 2. The lowest BCUT2D eigenvalue weighted by Crippen LogP contribution is -2.14. The lowest BCUT2D eigenvalue weighted by Gasteiger charge is -2.06. The lowest BCUT2D eigenvalue weighted by molar-refractivity contribution is -0.113. The Morgan fingerprint density at radius 1 is 1.35 bits per heavy atom. The van der Waals surface area contributed by atoms with Crippen molar-refractivity contribution in [1.29, 1.82) is 0 Å². The number of aromatic nitrogens is 3. The van der Waals surface area contributed by atoms with E-state index in [1.54, 1.807) is 18.2 Å². The molecule has 23 heavy (non-hydrogen) atoms. The molecule has 2 aromatic rings. The zero-order chi connectivity index (χ0) is 15.8. The Morgan fingerprint density at radius 2 is 2.17 bits per heavy atom. The Kier molecular flexibility index (Phi) is 3.60. The van der Waals surface area contributed by atoms with Gasteiger partial charge in [0, 0.05) is 24.7 Å². The van der Waals surface area contributed by atoms with E-state index in [0.717, 1.165) is 11.0 Å². The van der Waals surface area contributed by atoms with Crippen LogP contribution in [0, 0.1) is 0 Å². The van der Waals surface area contributed by atoms with Crippen LogP contribution in [0.25, 0.3) is 0 Å². The van der Waals surface area contributed by atoms with Crippen LogP contribution in [0.1, 0.15) is 24.6 Å². The molecule has 0 atom stereocenters. The minimum absolute atomic E-state index is 0.0927. The van der Waals surface area contributed by atoms with Crippen molar-refractivity contribution in [1.82, 2.24) is 14.8 Å². The maximum atomic E-state index is 12.1. The monoisotopic (exact) mass is 332 g/mol. The van der Waals surface area contributed by atoms with Gasteiger partial charge in [-0.1, -0.05) is 11.8 Å². The minimum atomic E-state index is -0.0927. The normalized spacial score (nSPS) is 15.7. The smallest absolute Gasteiger partial charge is 0.234 e. The Labute approximate surface area is 137 Å². The number of nitrogens with one attached hydrogen (secondary N) is 1. The molecular formula is C15H16N4O3S. The van der Waals surface area contributed by atoms with Crippen molar-refractivity contribution in [2.45, 2.75) is 23.9 Å². The third-order valence-corrected chi connectivity index (χ3v) is 4.82. The predicted molar refractivity (Wildman–Crippen MR) is 84.9 cm³/mol. The summed E-state index contributed by atoms with van der Waals surface area (Å²) in [6, 6.07) is 5.34. The highest BCUT2D eigenvalue weighted by atomic mass is 32.2. The first-order chi connectivity index (χ1) is 11.2. The molecule has 0 radical (unpaired) electrons. The van der Waals surface area contributed by atoms with E-state index in [2.05, 4.69) is 15.5 Å². The summed E-state index contributed by atoms with van der Waals surface area (Å²) in [5.74, 6) is 3.10. The maximum Gasteiger partial charge on any atom is 0.234 e. The Bertz CT molecular complexity index is 757. The molecule has 1 fully saturated rings. The fourth-order valence-corrected chi connectivity index (χ4v) is 3.17. The Morgan fingerprint density at radius 3 is 3.00 bits per heavy atom. The van der Waals surface area contributed by atoms with Gasteiger partial charge in [0.15, 0.2) is 16.7 Å². The molecule has 2 aliphatic rings. The summed E-state index contributed by atoms with van der Waals surface area (Å²) in [7, 11) is 1.95. The molecule has 1 amide bonds. The quantitative estimate of drug-likeness (QED) is 0.845. The van der Waals surface area contributed by atoms with Gasteiger partial charge in [-0.3, -0.25) is 4.79 Å². The molecule has 0 saturated heterocycles. The van der Waals surface area contributed by atoms with Crippen molar-refractivity contribution in [2.24, 2.45) is 7.05 Å². The molecule has 1 saturated carbocycles. The van der Waals surface area contributed by atoms with Gasteiger partial charge < -0.3 is 19.4 Å². The van der Waals surface area contributed by atoms with E-state index in [1.165, 1.54) is 24.6 Å². The number of hydrogen-bond donors (Lipinski definition) is 1. The van der Waals surface area contributed by atoms with Crippen molar-refractivity contribution in [2.75, 3.05) is 17.9 Å². The van der Waals surface area contributed by atoms with E-state index in [-0.39, 0.29) is 18.5 Å². The predicted octanol–water partition coefficient (Wildman–Crippen LogP) is 2.15. The molecule has 1 aromatic carbocycles. The SMILES string of the molecule is Cn1c(SCC(=O)Nc2ccc3c(c2)OCO3)nnc1C1CC1. The van der Waals surface area contributed by atoms with Crippen molar-refractivity contribution in [3.63, 3.8) is 0 Å². The fourth-order valence-electron chi connectivity index (χ4n) is 2.45. The molecule has 2 heterocycles. The van der Waals surface area contributed by atoms with E-state index < -0.39 is 0 Å². The van der Waals surface area contributed by atoms with E-state index in [4.69, 9.17) is 9.47 Å². The van der Waals surface area contributed by atoms with Gasteiger partial charge in [-0.25, -0.2) is 0 Å². The van der Waals surface area contributed by atoms with Gasteiger partial charge >= 0.3 is 0 Å². The first-order valence-corrected chi connectivity index (χ1v) is 8.41. The highest BCUT2D eigenvalue weighted by Gasteiger charge is 2.29. The minimum Gasteiger partial charge on any atom is -0.454 e. The van der Waals surface area contributed by atoms with Gasteiger partial charge in [0.1, 0.15) is 5.82 Å². The second-order valence-electron chi connectivity index (χ2n) is 5.58. The molecule has 1 aliphatic carbocycles. The number of rotatable bonds is 5. The molecule has 8 heteroatoms. The summed E-state index contributed by atoms with van der Waals surface area (Å²) in [4.78, 5) is 12.1. The zero-order valence-electron chi connectivity index (χ0n) is 12.6. The van der Waals surface area contributed by atoms with Gasteiger partial charge in [0.05, 0.1) is 5.75 Å². The van der Waals surface area contributed by atoms with E-state index in [0.29, 0.717) is 23.1 Å². The first kappa shape index (κ1) is 14.4. The Balaban J connectivity index is 1.35. The molecule has 1 N–H and O–H groups in total. The van der Waals surface area contributed by atoms with Gasteiger partial charge in [-0.15, -0.1) is 10.2 Å². The average molecular weight is 332 g/mol. The van der Waals surface area contributed by atoms with Crippen LogP contribution in [0.2, 0.25) is 0 Å². The summed E-state index contributed by atoms with van der Waals surface area (Å²) in [6.07, 6.45) is 2.36. The van der Waals surface area contributed by atoms with Crippen molar-refractivity contribution in [3.05, 3.63) is 24.0 Å². The fraction of sp³-hybridized carbons (Fsp3) is 0.400. The molecule has 120 valence electrons. The summed E-state index contributed by atoms with van der Waals surface area (Å²) in [5.41, 5.74) is 0.691. The summed E-state index contributed by atoms with van der Waals surface area (Å²) < 4.78 is 12.5. The molecule has 7 nitrogen and oxygen atoms in total. The summed E-state index contributed by atoms with van der Waals surface area (Å²) in [5, 5.41) is 12.0. The number of amides is 1. The van der Waals surface area contributed by atoms with Crippen LogP contribution >= 0.6 is 11.8 Å². The van der Waals surface area contributed by atoms with Crippen LogP contribution in [0.15, 0.2) is 23.4 Å². The topological polar surface area (TPSA) is 78.3 Å². The van der Waals surface area contributed by atoms with Crippen LogP contribution in [0.3, 0.4) is 0 Å². The van der Waals surface area contributed by atoms with Gasteiger partial charge in [-0.05, 0) is 25.0 Å². The van der Waals surface area contributed by atoms with Gasteiger partial charge in [0.25, 0.3) is 0 Å². The van der Waals surface area contributed by atoms with E-state index in [1.807, 2.05) is 11.6 Å². The van der Waals surface area contributed by atoms with E-state index in [9.17, 15) is 4.79 Å². The standard InChI is InChI=1S/C15H16N4O3S/c1-19-14(9-2-3-9)17-18-15(19)23-7-13(20)16-10-4-5-11-12(6-10)22-8-21-11/h4-6,9H,2-3,7-8H2,1H3,(H,16,20).